The lowest BCUT2D eigenvalue weighted by Gasteiger charge is -2.32. The first-order chi connectivity index (χ1) is 16.9. The number of carbonyl (C=O) groups is 2. The molecule has 0 saturated carbocycles. The van der Waals surface area contributed by atoms with Gasteiger partial charge in [-0.25, -0.2) is 0 Å². The second kappa shape index (κ2) is 14.0. The molecule has 0 radical (unpaired) electrons. The van der Waals surface area contributed by atoms with E-state index in [2.05, 4.69) is 31.3 Å². The van der Waals surface area contributed by atoms with Gasteiger partial charge in [0.25, 0.3) is 0 Å². The fourth-order valence-corrected chi connectivity index (χ4v) is 4.81. The van der Waals surface area contributed by atoms with E-state index in [0.29, 0.717) is 30.5 Å². The fraction of sp³-hybridized carbons (Fsp3) is 0.310. The van der Waals surface area contributed by atoms with Gasteiger partial charge in [-0.1, -0.05) is 98.2 Å². The van der Waals surface area contributed by atoms with Crippen molar-refractivity contribution in [1.82, 2.24) is 10.2 Å². The van der Waals surface area contributed by atoms with Crippen LogP contribution in [0.5, 0.6) is 0 Å². The first kappa shape index (κ1) is 26.8. The summed E-state index contributed by atoms with van der Waals surface area (Å²) in [4.78, 5) is 28.7. The molecule has 1 N–H and O–H groups in total. The van der Waals surface area contributed by atoms with Crippen molar-refractivity contribution in [2.24, 2.45) is 5.92 Å². The normalized spacial score (nSPS) is 11.8. The van der Waals surface area contributed by atoms with E-state index >= 15 is 0 Å². The van der Waals surface area contributed by atoms with Crippen LogP contribution < -0.4 is 5.32 Å². The van der Waals surface area contributed by atoms with Gasteiger partial charge in [0.2, 0.25) is 11.8 Å². The smallest absolute Gasteiger partial charge is 0.243 e. The number of halogens is 1. The highest BCUT2D eigenvalue weighted by Crippen LogP contribution is 2.20. The molecule has 3 aromatic rings. The molecular formula is C29H33ClN2O2S. The SMILES string of the molecule is CC(C)CNC(=O)[C@@H](Cc1ccccc1)N(Cc1cccc(Cl)c1)C(=O)CSCc1ccccc1. The quantitative estimate of drug-likeness (QED) is 0.327. The van der Waals surface area contributed by atoms with Crippen molar-refractivity contribution in [2.75, 3.05) is 12.3 Å². The van der Waals surface area contributed by atoms with Gasteiger partial charge in [0.15, 0.2) is 0 Å². The molecule has 0 aliphatic heterocycles. The minimum absolute atomic E-state index is 0.0634. The Hall–Kier alpha value is -2.76. The van der Waals surface area contributed by atoms with E-state index in [9.17, 15) is 9.59 Å². The van der Waals surface area contributed by atoms with Crippen LogP contribution in [0.4, 0.5) is 0 Å². The molecule has 0 fully saturated rings. The average Bonchev–Trinajstić information content (AvgIpc) is 2.86. The fourth-order valence-electron chi connectivity index (χ4n) is 3.72. The van der Waals surface area contributed by atoms with Crippen LogP contribution >= 0.6 is 23.4 Å². The van der Waals surface area contributed by atoms with Crippen LogP contribution in [0.25, 0.3) is 0 Å². The third-order valence-corrected chi connectivity index (χ3v) is 6.76. The van der Waals surface area contributed by atoms with E-state index in [0.717, 1.165) is 16.9 Å². The summed E-state index contributed by atoms with van der Waals surface area (Å²) in [6.45, 7) is 4.99. The van der Waals surface area contributed by atoms with Crippen LogP contribution in [0.15, 0.2) is 84.9 Å². The Bertz CT molecular complexity index is 1080. The van der Waals surface area contributed by atoms with Crippen LogP contribution in [0.3, 0.4) is 0 Å². The molecule has 0 aliphatic carbocycles. The number of hydrogen-bond acceptors (Lipinski definition) is 3. The number of hydrogen-bond donors (Lipinski definition) is 1. The zero-order chi connectivity index (χ0) is 25.0. The molecule has 0 aliphatic rings. The maximum atomic E-state index is 13.6. The summed E-state index contributed by atoms with van der Waals surface area (Å²) in [5.41, 5.74) is 3.08. The van der Waals surface area contributed by atoms with E-state index in [4.69, 9.17) is 11.6 Å². The number of amides is 2. The second-order valence-corrected chi connectivity index (χ2v) is 10.4. The molecule has 0 aromatic heterocycles. The van der Waals surface area contributed by atoms with Gasteiger partial charge < -0.3 is 10.2 Å². The maximum Gasteiger partial charge on any atom is 0.243 e. The lowest BCUT2D eigenvalue weighted by Crippen LogP contribution is -2.51. The van der Waals surface area contributed by atoms with Crippen LogP contribution in [-0.2, 0) is 28.3 Å². The van der Waals surface area contributed by atoms with E-state index in [1.54, 1.807) is 16.7 Å². The number of nitrogens with one attached hydrogen (secondary N) is 1. The Labute approximate surface area is 218 Å². The molecular weight excluding hydrogens is 476 g/mol. The molecule has 0 heterocycles. The van der Waals surface area contributed by atoms with Gasteiger partial charge in [0.1, 0.15) is 6.04 Å². The first-order valence-electron chi connectivity index (χ1n) is 11.9. The Morgan fingerprint density at radius 1 is 0.886 bits per heavy atom. The van der Waals surface area contributed by atoms with Crippen LogP contribution in [0.1, 0.15) is 30.5 Å². The van der Waals surface area contributed by atoms with E-state index < -0.39 is 6.04 Å². The molecule has 3 aromatic carbocycles. The van der Waals surface area contributed by atoms with Gasteiger partial charge in [-0.3, -0.25) is 9.59 Å². The van der Waals surface area contributed by atoms with E-state index in [-0.39, 0.29) is 17.6 Å². The summed E-state index contributed by atoms with van der Waals surface area (Å²) in [7, 11) is 0. The first-order valence-corrected chi connectivity index (χ1v) is 13.4. The highest BCUT2D eigenvalue weighted by molar-refractivity contribution is 7.99. The summed E-state index contributed by atoms with van der Waals surface area (Å²) < 4.78 is 0. The van der Waals surface area contributed by atoms with Gasteiger partial charge in [0, 0.05) is 30.3 Å². The van der Waals surface area contributed by atoms with Crippen LogP contribution in [0.2, 0.25) is 5.02 Å². The Kier molecular flexibility index (Phi) is 10.7. The number of nitrogens with zero attached hydrogens (tertiary/aromatic N) is 1. The molecule has 3 rings (SSSR count). The molecule has 1 atom stereocenters. The molecule has 35 heavy (non-hydrogen) atoms. The third-order valence-electron chi connectivity index (χ3n) is 5.53. The third kappa shape index (κ3) is 9.08. The highest BCUT2D eigenvalue weighted by atomic mass is 35.5. The summed E-state index contributed by atoms with van der Waals surface area (Å²) in [6, 6.07) is 26.8. The number of thioether (sulfide) groups is 1. The predicted octanol–water partition coefficient (Wildman–Crippen LogP) is 5.99. The number of rotatable bonds is 12. The van der Waals surface area contributed by atoms with Crippen LogP contribution in [0, 0.1) is 5.92 Å². The summed E-state index contributed by atoms with van der Waals surface area (Å²) in [5, 5.41) is 3.66. The topological polar surface area (TPSA) is 49.4 Å². The number of carbonyl (C=O) groups excluding carboxylic acids is 2. The van der Waals surface area contributed by atoms with Gasteiger partial charge in [0.05, 0.1) is 5.75 Å². The Morgan fingerprint density at radius 2 is 1.51 bits per heavy atom. The molecule has 0 bridgehead atoms. The highest BCUT2D eigenvalue weighted by Gasteiger charge is 2.30. The summed E-state index contributed by atoms with van der Waals surface area (Å²) in [5.74, 6) is 1.14. The van der Waals surface area contributed by atoms with Crippen molar-refractivity contribution in [2.45, 2.75) is 38.6 Å². The lowest BCUT2D eigenvalue weighted by molar-refractivity contribution is -0.139. The van der Waals surface area contributed by atoms with Crippen molar-refractivity contribution < 1.29 is 9.59 Å². The molecule has 0 saturated heterocycles. The zero-order valence-corrected chi connectivity index (χ0v) is 21.9. The largest absolute Gasteiger partial charge is 0.354 e. The monoisotopic (exact) mass is 508 g/mol. The molecule has 0 spiro atoms. The van der Waals surface area contributed by atoms with E-state index in [1.165, 1.54) is 5.56 Å². The van der Waals surface area contributed by atoms with Gasteiger partial charge in [-0.05, 0) is 34.7 Å². The Morgan fingerprint density at radius 3 is 2.14 bits per heavy atom. The molecule has 2 amide bonds. The van der Waals surface area contributed by atoms with Crippen molar-refractivity contribution in [3.63, 3.8) is 0 Å². The zero-order valence-electron chi connectivity index (χ0n) is 20.3. The minimum Gasteiger partial charge on any atom is -0.354 e. The summed E-state index contributed by atoms with van der Waals surface area (Å²) >= 11 is 7.79. The predicted molar refractivity (Wildman–Crippen MR) is 146 cm³/mol. The molecule has 0 unspecified atom stereocenters. The molecule has 4 nitrogen and oxygen atoms in total. The van der Waals surface area contributed by atoms with Gasteiger partial charge in [-0.2, -0.15) is 0 Å². The molecule has 6 heteroatoms. The summed E-state index contributed by atoms with van der Waals surface area (Å²) in [6.07, 6.45) is 0.445. The van der Waals surface area contributed by atoms with Gasteiger partial charge in [-0.15, -0.1) is 11.8 Å². The van der Waals surface area contributed by atoms with Crippen molar-refractivity contribution >= 4 is 35.2 Å². The molecule has 184 valence electrons. The minimum atomic E-state index is -0.625. The van der Waals surface area contributed by atoms with Crippen molar-refractivity contribution in [1.29, 1.82) is 0 Å². The van der Waals surface area contributed by atoms with Crippen molar-refractivity contribution in [3.8, 4) is 0 Å². The maximum absolute atomic E-state index is 13.6. The second-order valence-electron chi connectivity index (χ2n) is 8.97. The van der Waals surface area contributed by atoms with Crippen LogP contribution in [-0.4, -0.2) is 35.1 Å². The lowest BCUT2D eigenvalue weighted by atomic mass is 10.0. The number of benzene rings is 3. The Balaban J connectivity index is 1.84. The van der Waals surface area contributed by atoms with Crippen molar-refractivity contribution in [3.05, 3.63) is 107 Å². The standard InChI is InChI=1S/C29H33ClN2O2S/c1-22(2)18-31-29(34)27(17-23-10-5-3-6-11-23)32(19-25-14-9-15-26(30)16-25)28(33)21-35-20-24-12-7-4-8-13-24/h3-16,22,27H,17-21H2,1-2H3,(H,31,34)/t27-/m1/s1. The van der Waals surface area contributed by atoms with E-state index in [1.807, 2.05) is 72.8 Å². The van der Waals surface area contributed by atoms with Gasteiger partial charge >= 0.3 is 0 Å². The average molecular weight is 509 g/mol.